The lowest BCUT2D eigenvalue weighted by molar-refractivity contribution is 0.178. The molecular weight excluding hydrogens is 218 g/mol. The van der Waals surface area contributed by atoms with E-state index >= 15 is 0 Å². The Morgan fingerprint density at radius 2 is 2.18 bits per heavy atom. The quantitative estimate of drug-likeness (QED) is 0.725. The third-order valence-corrected chi connectivity index (χ3v) is 2.72. The van der Waals surface area contributed by atoms with Gasteiger partial charge in [-0.2, -0.15) is 0 Å². The van der Waals surface area contributed by atoms with E-state index in [9.17, 15) is 0 Å². The number of aryl methyl sites for hydroxylation is 1. The molecule has 0 aromatic carbocycles. The van der Waals surface area contributed by atoms with Crippen molar-refractivity contribution in [3.63, 3.8) is 0 Å². The molecule has 17 heavy (non-hydrogen) atoms. The van der Waals surface area contributed by atoms with Crippen molar-refractivity contribution >= 4 is 0 Å². The first-order chi connectivity index (χ1) is 8.19. The van der Waals surface area contributed by atoms with Crippen LogP contribution in [-0.2, 0) is 13.1 Å². The summed E-state index contributed by atoms with van der Waals surface area (Å²) in [6.45, 7) is 9.09. The molecule has 1 aromatic rings. The summed E-state index contributed by atoms with van der Waals surface area (Å²) in [4.78, 5) is 2.27. The van der Waals surface area contributed by atoms with E-state index in [0.29, 0.717) is 6.04 Å². The highest BCUT2D eigenvalue weighted by molar-refractivity contribution is 4.82. The molecule has 0 bridgehead atoms. The summed E-state index contributed by atoms with van der Waals surface area (Å²) in [5.74, 6) is 0.901. The topological polar surface area (TPSA) is 67.1 Å². The number of nitrogens with zero attached hydrogens (tertiary/aromatic N) is 5. The molecule has 98 valence electrons. The number of aromatic nitrogens is 4. The Balaban J connectivity index is 2.61. The molecule has 0 unspecified atom stereocenters. The van der Waals surface area contributed by atoms with Crippen LogP contribution in [0.25, 0.3) is 0 Å². The molecule has 0 spiro atoms. The van der Waals surface area contributed by atoms with Gasteiger partial charge in [-0.25, -0.2) is 4.68 Å². The van der Waals surface area contributed by atoms with Gasteiger partial charge in [-0.3, -0.25) is 4.90 Å². The molecule has 6 heteroatoms. The van der Waals surface area contributed by atoms with Crippen LogP contribution in [0.1, 0.15) is 39.4 Å². The van der Waals surface area contributed by atoms with E-state index in [4.69, 9.17) is 5.11 Å². The van der Waals surface area contributed by atoms with E-state index in [0.717, 1.165) is 38.3 Å². The second-order valence-corrected chi connectivity index (χ2v) is 4.46. The van der Waals surface area contributed by atoms with Gasteiger partial charge in [0.1, 0.15) is 0 Å². The number of rotatable bonds is 8. The first kappa shape index (κ1) is 14.1. The smallest absolute Gasteiger partial charge is 0.165 e. The van der Waals surface area contributed by atoms with Gasteiger partial charge in [-0.15, -0.1) is 5.10 Å². The fourth-order valence-corrected chi connectivity index (χ4v) is 1.70. The number of tetrazole rings is 1. The number of hydrogen-bond acceptors (Lipinski definition) is 5. The Bertz CT molecular complexity index is 313. The Kier molecular flexibility index (Phi) is 6.07. The fraction of sp³-hybridized carbons (Fsp3) is 0.909. The van der Waals surface area contributed by atoms with E-state index in [1.165, 1.54) is 0 Å². The Labute approximate surface area is 103 Å². The standard InChI is InChI=1S/C11H23N5O/c1-4-6-16-11(12-13-14-16)9-15(10(2)3)7-5-8-17/h10,17H,4-9H2,1-3H3. The zero-order valence-corrected chi connectivity index (χ0v) is 11.0. The van der Waals surface area contributed by atoms with Crippen LogP contribution in [0.2, 0.25) is 0 Å². The van der Waals surface area contributed by atoms with Crippen LogP contribution >= 0.6 is 0 Å². The van der Waals surface area contributed by atoms with Crippen molar-refractivity contribution in [2.75, 3.05) is 13.2 Å². The molecule has 1 N–H and O–H groups in total. The van der Waals surface area contributed by atoms with Crippen molar-refractivity contribution in [2.45, 2.75) is 52.7 Å². The largest absolute Gasteiger partial charge is 0.396 e. The van der Waals surface area contributed by atoms with Gasteiger partial charge in [-0.05, 0) is 37.1 Å². The van der Waals surface area contributed by atoms with E-state index in [1.54, 1.807) is 0 Å². The van der Waals surface area contributed by atoms with Gasteiger partial charge < -0.3 is 5.11 Å². The zero-order valence-electron chi connectivity index (χ0n) is 11.0. The number of hydrogen-bond donors (Lipinski definition) is 1. The van der Waals surface area contributed by atoms with E-state index in [2.05, 4.69) is 41.2 Å². The summed E-state index contributed by atoms with van der Waals surface area (Å²) in [6, 6.07) is 0.424. The zero-order chi connectivity index (χ0) is 12.7. The van der Waals surface area contributed by atoms with E-state index in [1.807, 2.05) is 4.68 Å². The molecular formula is C11H23N5O. The third-order valence-electron chi connectivity index (χ3n) is 2.72. The van der Waals surface area contributed by atoms with Gasteiger partial charge in [0.25, 0.3) is 0 Å². The Hall–Kier alpha value is -1.01. The van der Waals surface area contributed by atoms with Crippen LogP contribution in [0.3, 0.4) is 0 Å². The van der Waals surface area contributed by atoms with Gasteiger partial charge in [0.05, 0.1) is 6.54 Å². The molecule has 0 aliphatic carbocycles. The van der Waals surface area contributed by atoms with Crippen LogP contribution in [0.5, 0.6) is 0 Å². The Morgan fingerprint density at radius 3 is 2.76 bits per heavy atom. The van der Waals surface area contributed by atoms with Crippen molar-refractivity contribution in [1.29, 1.82) is 0 Å². The minimum atomic E-state index is 0.225. The van der Waals surface area contributed by atoms with Crippen LogP contribution in [0.15, 0.2) is 0 Å². The van der Waals surface area contributed by atoms with Crippen molar-refractivity contribution in [3.8, 4) is 0 Å². The molecule has 0 fully saturated rings. The lowest BCUT2D eigenvalue weighted by Crippen LogP contribution is -2.33. The molecule has 0 saturated carbocycles. The van der Waals surface area contributed by atoms with E-state index in [-0.39, 0.29) is 6.61 Å². The lowest BCUT2D eigenvalue weighted by atomic mass is 10.3. The predicted molar refractivity (Wildman–Crippen MR) is 65.4 cm³/mol. The van der Waals surface area contributed by atoms with Crippen molar-refractivity contribution in [1.82, 2.24) is 25.1 Å². The second-order valence-electron chi connectivity index (χ2n) is 4.46. The molecule has 0 aliphatic heterocycles. The predicted octanol–water partition coefficient (Wildman–Crippen LogP) is 0.676. The molecule has 6 nitrogen and oxygen atoms in total. The van der Waals surface area contributed by atoms with Gasteiger partial charge >= 0.3 is 0 Å². The Morgan fingerprint density at radius 1 is 1.41 bits per heavy atom. The molecule has 1 rings (SSSR count). The number of aliphatic hydroxyl groups is 1. The highest BCUT2D eigenvalue weighted by Gasteiger charge is 2.14. The molecule has 0 saturated heterocycles. The SMILES string of the molecule is CCCn1nnnc1CN(CCCO)C(C)C. The van der Waals surface area contributed by atoms with Crippen molar-refractivity contribution in [2.24, 2.45) is 0 Å². The highest BCUT2D eigenvalue weighted by atomic mass is 16.3. The van der Waals surface area contributed by atoms with E-state index < -0.39 is 0 Å². The van der Waals surface area contributed by atoms with Crippen molar-refractivity contribution in [3.05, 3.63) is 5.82 Å². The first-order valence-electron chi connectivity index (χ1n) is 6.29. The maximum atomic E-state index is 8.89. The third kappa shape index (κ3) is 4.40. The molecule has 1 aromatic heterocycles. The molecule has 0 amide bonds. The van der Waals surface area contributed by atoms with Gasteiger partial charge in [-0.1, -0.05) is 6.92 Å². The summed E-state index contributed by atoms with van der Waals surface area (Å²) < 4.78 is 1.86. The maximum Gasteiger partial charge on any atom is 0.165 e. The fourth-order valence-electron chi connectivity index (χ4n) is 1.70. The molecule has 0 atom stereocenters. The van der Waals surface area contributed by atoms with Gasteiger partial charge in [0.2, 0.25) is 0 Å². The maximum absolute atomic E-state index is 8.89. The summed E-state index contributed by atoms with van der Waals surface area (Å²) >= 11 is 0. The van der Waals surface area contributed by atoms with Gasteiger partial charge in [0.15, 0.2) is 5.82 Å². The monoisotopic (exact) mass is 241 g/mol. The summed E-state index contributed by atoms with van der Waals surface area (Å²) in [5, 5.41) is 20.7. The van der Waals surface area contributed by atoms with Crippen LogP contribution in [0, 0.1) is 0 Å². The number of aliphatic hydroxyl groups excluding tert-OH is 1. The summed E-state index contributed by atoms with van der Waals surface area (Å²) in [7, 11) is 0. The normalized spacial score (nSPS) is 11.6. The average Bonchev–Trinajstić information content (AvgIpc) is 2.72. The minimum Gasteiger partial charge on any atom is -0.396 e. The van der Waals surface area contributed by atoms with Crippen LogP contribution < -0.4 is 0 Å². The molecule has 0 aliphatic rings. The highest BCUT2D eigenvalue weighted by Crippen LogP contribution is 2.06. The molecule has 1 heterocycles. The van der Waals surface area contributed by atoms with Crippen molar-refractivity contribution < 1.29 is 5.11 Å². The molecule has 0 radical (unpaired) electrons. The summed E-state index contributed by atoms with van der Waals surface area (Å²) in [5.41, 5.74) is 0. The summed E-state index contributed by atoms with van der Waals surface area (Å²) in [6.07, 6.45) is 1.81. The first-order valence-corrected chi connectivity index (χ1v) is 6.29. The lowest BCUT2D eigenvalue weighted by Gasteiger charge is -2.25. The van der Waals surface area contributed by atoms with Gasteiger partial charge in [0, 0.05) is 25.7 Å². The minimum absolute atomic E-state index is 0.225. The van der Waals surface area contributed by atoms with Crippen LogP contribution in [0.4, 0.5) is 0 Å². The van der Waals surface area contributed by atoms with Crippen LogP contribution in [-0.4, -0.2) is 49.4 Å². The average molecular weight is 241 g/mol. The second kappa shape index (κ2) is 7.34.